The maximum atomic E-state index is 5.86. The highest BCUT2D eigenvalue weighted by molar-refractivity contribution is 7.09. The smallest absolute Gasteiger partial charge is 0.205 e. The van der Waals surface area contributed by atoms with Gasteiger partial charge in [0.1, 0.15) is 5.82 Å². The summed E-state index contributed by atoms with van der Waals surface area (Å²) in [5.41, 5.74) is 0. The number of ether oxygens (including phenoxy) is 2. The van der Waals surface area contributed by atoms with E-state index in [0.717, 1.165) is 108 Å². The zero-order valence-corrected chi connectivity index (χ0v) is 18.8. The quantitative estimate of drug-likeness (QED) is 0.369. The molecule has 0 aromatic carbocycles. The highest BCUT2D eigenvalue weighted by Crippen LogP contribution is 2.19. The molecule has 1 aromatic rings. The van der Waals surface area contributed by atoms with Gasteiger partial charge in [0.05, 0.1) is 0 Å². The number of nitrogens with zero attached hydrogens (tertiary/aromatic N) is 5. The maximum Gasteiger partial charge on any atom is 0.205 e. The van der Waals surface area contributed by atoms with Gasteiger partial charge in [-0.15, -0.1) is 0 Å². The third-order valence-corrected chi connectivity index (χ3v) is 6.18. The first-order chi connectivity index (χ1) is 14.3. The second-order valence-electron chi connectivity index (χ2n) is 7.54. The number of aliphatic imine (C=N–C) groups is 1. The van der Waals surface area contributed by atoms with Gasteiger partial charge in [0.25, 0.3) is 0 Å². The molecule has 164 valence electrons. The molecule has 0 saturated carbocycles. The summed E-state index contributed by atoms with van der Waals surface area (Å²) in [4.78, 5) is 14.1. The summed E-state index contributed by atoms with van der Waals surface area (Å²) in [6.07, 6.45) is 4.12. The zero-order chi connectivity index (χ0) is 20.3. The number of nitrogens with one attached hydrogen (secondary N) is 1. The van der Waals surface area contributed by atoms with E-state index in [1.165, 1.54) is 11.5 Å². The number of piperazine rings is 1. The second kappa shape index (κ2) is 12.3. The Bertz CT molecular complexity index is 612. The third kappa shape index (κ3) is 7.08. The lowest BCUT2D eigenvalue weighted by atomic mass is 10.0. The van der Waals surface area contributed by atoms with Crippen LogP contribution in [0.15, 0.2) is 4.99 Å². The standard InChI is InChI=1S/C20H36N6O2S/c1-3-18-23-20(29-24-18)26-11-9-25(10-12-26)19(21-4-2)22-8-5-13-28-16-17-6-14-27-15-7-17/h17H,3-16H2,1-2H3,(H,21,22). The highest BCUT2D eigenvalue weighted by Gasteiger charge is 2.22. The van der Waals surface area contributed by atoms with Crippen molar-refractivity contribution in [2.75, 3.05) is 70.6 Å². The van der Waals surface area contributed by atoms with Gasteiger partial charge in [-0.2, -0.15) is 4.37 Å². The van der Waals surface area contributed by atoms with E-state index >= 15 is 0 Å². The van der Waals surface area contributed by atoms with Gasteiger partial charge in [0, 0.05) is 83.6 Å². The molecule has 2 aliphatic heterocycles. The molecule has 29 heavy (non-hydrogen) atoms. The molecular formula is C20H36N6O2S. The minimum Gasteiger partial charge on any atom is -0.381 e. The van der Waals surface area contributed by atoms with Crippen LogP contribution in [0.25, 0.3) is 0 Å². The normalized spacial score (nSPS) is 19.0. The molecule has 1 aromatic heterocycles. The summed E-state index contributed by atoms with van der Waals surface area (Å²) >= 11 is 1.51. The number of hydrogen-bond acceptors (Lipinski definition) is 7. The number of aromatic nitrogens is 2. The van der Waals surface area contributed by atoms with Crippen molar-refractivity contribution in [1.29, 1.82) is 0 Å². The Labute approximate surface area is 178 Å². The minimum atomic E-state index is 0.669. The van der Waals surface area contributed by atoms with E-state index in [-0.39, 0.29) is 0 Å². The average molecular weight is 425 g/mol. The van der Waals surface area contributed by atoms with Crippen molar-refractivity contribution in [2.45, 2.75) is 39.5 Å². The topological polar surface area (TPSA) is 75.1 Å². The van der Waals surface area contributed by atoms with E-state index in [0.29, 0.717) is 5.92 Å². The molecule has 0 unspecified atom stereocenters. The van der Waals surface area contributed by atoms with Crippen LogP contribution in [0.1, 0.15) is 38.9 Å². The summed E-state index contributed by atoms with van der Waals surface area (Å²) in [6, 6.07) is 0. The van der Waals surface area contributed by atoms with Crippen LogP contribution in [0.2, 0.25) is 0 Å². The van der Waals surface area contributed by atoms with Crippen LogP contribution in [0.5, 0.6) is 0 Å². The molecule has 8 nitrogen and oxygen atoms in total. The second-order valence-corrected chi connectivity index (χ2v) is 8.27. The SMILES string of the molecule is CCNC(=NCCCOCC1CCOCC1)N1CCN(c2nc(CC)ns2)CC1. The lowest BCUT2D eigenvalue weighted by molar-refractivity contribution is 0.0205. The van der Waals surface area contributed by atoms with Crippen molar-refractivity contribution in [3.05, 3.63) is 5.82 Å². The van der Waals surface area contributed by atoms with Gasteiger partial charge in [0.2, 0.25) is 5.13 Å². The van der Waals surface area contributed by atoms with Gasteiger partial charge in [-0.25, -0.2) is 4.98 Å². The van der Waals surface area contributed by atoms with Gasteiger partial charge in [-0.3, -0.25) is 4.99 Å². The Balaban J connectivity index is 1.37. The van der Waals surface area contributed by atoms with Crippen LogP contribution in [-0.2, 0) is 15.9 Å². The van der Waals surface area contributed by atoms with Gasteiger partial charge in [-0.1, -0.05) is 6.92 Å². The first-order valence-electron chi connectivity index (χ1n) is 11.1. The minimum absolute atomic E-state index is 0.669. The van der Waals surface area contributed by atoms with Crippen molar-refractivity contribution < 1.29 is 9.47 Å². The number of rotatable bonds is 9. The van der Waals surface area contributed by atoms with Crippen LogP contribution in [-0.4, -0.2) is 85.9 Å². The van der Waals surface area contributed by atoms with Gasteiger partial charge >= 0.3 is 0 Å². The number of anilines is 1. The fourth-order valence-corrected chi connectivity index (χ4v) is 4.37. The van der Waals surface area contributed by atoms with E-state index in [1.807, 2.05) is 0 Å². The molecule has 3 heterocycles. The molecule has 2 saturated heterocycles. The molecule has 0 aliphatic carbocycles. The summed E-state index contributed by atoms with van der Waals surface area (Å²) in [5.74, 6) is 2.63. The van der Waals surface area contributed by atoms with Gasteiger partial charge in [0.15, 0.2) is 5.96 Å². The molecule has 2 fully saturated rings. The Hall–Kier alpha value is -1.45. The van der Waals surface area contributed by atoms with Crippen molar-refractivity contribution >= 4 is 22.6 Å². The monoisotopic (exact) mass is 424 g/mol. The van der Waals surface area contributed by atoms with Crippen molar-refractivity contribution in [1.82, 2.24) is 19.6 Å². The molecule has 0 atom stereocenters. The first kappa shape index (κ1) is 22.2. The largest absolute Gasteiger partial charge is 0.381 e. The van der Waals surface area contributed by atoms with Crippen LogP contribution in [0.3, 0.4) is 0 Å². The highest BCUT2D eigenvalue weighted by atomic mass is 32.1. The Kier molecular flexibility index (Phi) is 9.43. The van der Waals surface area contributed by atoms with Crippen LogP contribution in [0.4, 0.5) is 5.13 Å². The summed E-state index contributed by atoms with van der Waals surface area (Å²) < 4.78 is 15.7. The molecule has 0 bridgehead atoms. The van der Waals surface area contributed by atoms with Gasteiger partial charge < -0.3 is 24.6 Å². The van der Waals surface area contributed by atoms with E-state index in [1.54, 1.807) is 0 Å². The fourth-order valence-electron chi connectivity index (χ4n) is 3.57. The first-order valence-corrected chi connectivity index (χ1v) is 11.8. The Morgan fingerprint density at radius 1 is 1.24 bits per heavy atom. The molecule has 1 N–H and O–H groups in total. The van der Waals surface area contributed by atoms with Crippen molar-refractivity contribution in [2.24, 2.45) is 10.9 Å². The molecule has 0 spiro atoms. The lowest BCUT2D eigenvalue weighted by Gasteiger charge is -2.36. The van der Waals surface area contributed by atoms with E-state index in [9.17, 15) is 0 Å². The molecule has 3 rings (SSSR count). The number of hydrogen-bond donors (Lipinski definition) is 1. The predicted octanol–water partition coefficient (Wildman–Crippen LogP) is 2.02. The molecule has 2 aliphatic rings. The lowest BCUT2D eigenvalue weighted by Crippen LogP contribution is -2.52. The summed E-state index contributed by atoms with van der Waals surface area (Å²) in [5, 5.41) is 4.49. The van der Waals surface area contributed by atoms with E-state index in [2.05, 4.69) is 38.3 Å². The van der Waals surface area contributed by atoms with Crippen molar-refractivity contribution in [3.63, 3.8) is 0 Å². The molecule has 0 radical (unpaired) electrons. The zero-order valence-electron chi connectivity index (χ0n) is 17.9. The molecule has 9 heteroatoms. The maximum absolute atomic E-state index is 5.86. The van der Waals surface area contributed by atoms with Crippen LogP contribution in [0, 0.1) is 5.92 Å². The van der Waals surface area contributed by atoms with Crippen LogP contribution >= 0.6 is 11.5 Å². The average Bonchev–Trinajstić information content (AvgIpc) is 3.25. The third-order valence-electron chi connectivity index (χ3n) is 5.36. The van der Waals surface area contributed by atoms with Crippen molar-refractivity contribution in [3.8, 4) is 0 Å². The molecule has 0 amide bonds. The Morgan fingerprint density at radius 3 is 2.72 bits per heavy atom. The summed E-state index contributed by atoms with van der Waals surface area (Å²) in [7, 11) is 0. The van der Waals surface area contributed by atoms with Gasteiger partial charge in [-0.05, 0) is 32.1 Å². The number of guanidine groups is 1. The number of aryl methyl sites for hydroxylation is 1. The Morgan fingerprint density at radius 2 is 2.03 bits per heavy atom. The predicted molar refractivity (Wildman–Crippen MR) is 118 cm³/mol. The van der Waals surface area contributed by atoms with E-state index < -0.39 is 0 Å². The molecular weight excluding hydrogens is 388 g/mol. The fraction of sp³-hybridized carbons (Fsp3) is 0.850. The summed E-state index contributed by atoms with van der Waals surface area (Å²) in [6.45, 7) is 13.1. The van der Waals surface area contributed by atoms with E-state index in [4.69, 9.17) is 14.5 Å². The van der Waals surface area contributed by atoms with Crippen LogP contribution < -0.4 is 10.2 Å².